The van der Waals surface area contributed by atoms with Crippen LogP contribution in [0.4, 0.5) is 4.79 Å². The zero-order valence-corrected chi connectivity index (χ0v) is 8.36. The Labute approximate surface area is 82.7 Å². The smallest absolute Gasteiger partial charge is 0.407 e. The summed E-state index contributed by atoms with van der Waals surface area (Å²) < 4.78 is 15.6. The van der Waals surface area contributed by atoms with Gasteiger partial charge in [-0.25, -0.2) is 4.79 Å². The fraction of sp³-hybridized carbons (Fsp3) is 0.889. The SMILES string of the molecule is COC(=O)N[C@H]1CO[C@H]2[C@@H]1OC[C@H]2C. The molecule has 80 valence electrons. The van der Waals surface area contributed by atoms with Crippen molar-refractivity contribution >= 4 is 6.09 Å². The molecule has 14 heavy (non-hydrogen) atoms. The molecule has 4 atom stereocenters. The van der Waals surface area contributed by atoms with Gasteiger partial charge in [0.1, 0.15) is 6.10 Å². The molecule has 1 N–H and O–H groups in total. The molecule has 0 spiro atoms. The van der Waals surface area contributed by atoms with Gasteiger partial charge in [0.25, 0.3) is 0 Å². The van der Waals surface area contributed by atoms with Crippen LogP contribution in [-0.4, -0.2) is 44.7 Å². The van der Waals surface area contributed by atoms with Crippen LogP contribution in [0.15, 0.2) is 0 Å². The first kappa shape index (κ1) is 9.73. The Balaban J connectivity index is 1.93. The zero-order valence-electron chi connectivity index (χ0n) is 8.36. The first-order chi connectivity index (χ1) is 6.72. The highest BCUT2D eigenvalue weighted by Gasteiger charge is 2.46. The molecule has 0 saturated carbocycles. The van der Waals surface area contributed by atoms with Crippen LogP contribution >= 0.6 is 0 Å². The van der Waals surface area contributed by atoms with Gasteiger partial charge >= 0.3 is 6.09 Å². The maximum absolute atomic E-state index is 11.0. The Morgan fingerprint density at radius 3 is 2.79 bits per heavy atom. The van der Waals surface area contributed by atoms with E-state index in [1.165, 1.54) is 7.11 Å². The topological polar surface area (TPSA) is 56.8 Å². The van der Waals surface area contributed by atoms with Gasteiger partial charge in [-0.05, 0) is 0 Å². The lowest BCUT2D eigenvalue weighted by Crippen LogP contribution is -2.43. The average molecular weight is 201 g/mol. The van der Waals surface area contributed by atoms with Crippen LogP contribution in [-0.2, 0) is 14.2 Å². The maximum atomic E-state index is 11.0. The number of carbonyl (C=O) groups is 1. The number of alkyl carbamates (subject to hydrolysis) is 1. The minimum Gasteiger partial charge on any atom is -0.453 e. The van der Waals surface area contributed by atoms with E-state index in [1.807, 2.05) is 0 Å². The molecule has 2 aliphatic rings. The van der Waals surface area contributed by atoms with Gasteiger partial charge in [0.05, 0.1) is 32.5 Å². The molecule has 1 amide bonds. The molecule has 0 bridgehead atoms. The van der Waals surface area contributed by atoms with Crippen molar-refractivity contribution in [2.45, 2.75) is 25.2 Å². The van der Waals surface area contributed by atoms with Crippen LogP contribution in [0.1, 0.15) is 6.92 Å². The maximum Gasteiger partial charge on any atom is 0.407 e. The summed E-state index contributed by atoms with van der Waals surface area (Å²) in [6.45, 7) is 3.30. The van der Waals surface area contributed by atoms with Crippen LogP contribution < -0.4 is 5.32 Å². The number of hydrogen-bond donors (Lipinski definition) is 1. The van der Waals surface area contributed by atoms with Crippen LogP contribution in [0.25, 0.3) is 0 Å². The molecule has 0 radical (unpaired) electrons. The van der Waals surface area contributed by atoms with Gasteiger partial charge < -0.3 is 19.5 Å². The summed E-state index contributed by atoms with van der Waals surface area (Å²) in [6.07, 6.45) is -0.316. The summed E-state index contributed by atoms with van der Waals surface area (Å²) in [7, 11) is 1.35. The molecule has 2 fully saturated rings. The second-order valence-corrected chi connectivity index (χ2v) is 3.82. The third-order valence-corrected chi connectivity index (χ3v) is 2.79. The van der Waals surface area contributed by atoms with Gasteiger partial charge in [-0.15, -0.1) is 0 Å². The Kier molecular flexibility index (Phi) is 2.60. The molecule has 2 rings (SSSR count). The molecule has 5 heteroatoms. The third kappa shape index (κ3) is 1.57. The number of fused-ring (bicyclic) bond motifs is 1. The molecule has 2 saturated heterocycles. The van der Waals surface area contributed by atoms with Gasteiger partial charge in [0.15, 0.2) is 0 Å². The van der Waals surface area contributed by atoms with E-state index < -0.39 is 6.09 Å². The fourth-order valence-corrected chi connectivity index (χ4v) is 2.02. The van der Waals surface area contributed by atoms with Gasteiger partial charge in [-0.3, -0.25) is 0 Å². The van der Waals surface area contributed by atoms with E-state index in [4.69, 9.17) is 9.47 Å². The number of nitrogens with one attached hydrogen (secondary N) is 1. The van der Waals surface area contributed by atoms with Crippen LogP contribution in [0.5, 0.6) is 0 Å². The van der Waals surface area contributed by atoms with E-state index >= 15 is 0 Å². The summed E-state index contributed by atoms with van der Waals surface area (Å²) in [5, 5.41) is 2.71. The van der Waals surface area contributed by atoms with E-state index in [2.05, 4.69) is 17.0 Å². The van der Waals surface area contributed by atoms with Crippen molar-refractivity contribution in [1.29, 1.82) is 0 Å². The van der Waals surface area contributed by atoms with Crippen LogP contribution in [0.3, 0.4) is 0 Å². The average Bonchev–Trinajstić information content (AvgIpc) is 2.72. The second-order valence-electron chi connectivity index (χ2n) is 3.82. The highest BCUT2D eigenvalue weighted by Crippen LogP contribution is 2.30. The molecule has 0 unspecified atom stereocenters. The minimum absolute atomic E-state index is 0.0101. The quantitative estimate of drug-likeness (QED) is 0.656. The van der Waals surface area contributed by atoms with Crippen molar-refractivity contribution in [2.24, 2.45) is 5.92 Å². The highest BCUT2D eigenvalue weighted by molar-refractivity contribution is 5.67. The van der Waals surface area contributed by atoms with Crippen LogP contribution in [0.2, 0.25) is 0 Å². The predicted molar refractivity (Wildman–Crippen MR) is 48.0 cm³/mol. The van der Waals surface area contributed by atoms with E-state index in [9.17, 15) is 4.79 Å². The summed E-state index contributed by atoms with van der Waals surface area (Å²) in [5.41, 5.74) is 0. The lowest BCUT2D eigenvalue weighted by Gasteiger charge is -2.16. The second kappa shape index (κ2) is 3.74. The Hall–Kier alpha value is -0.810. The van der Waals surface area contributed by atoms with Crippen molar-refractivity contribution in [3.05, 3.63) is 0 Å². The molecule has 2 aliphatic heterocycles. The molecule has 0 aliphatic carbocycles. The number of carbonyl (C=O) groups excluding carboxylic acids is 1. The molecule has 0 aromatic rings. The van der Waals surface area contributed by atoms with Gasteiger partial charge in [-0.2, -0.15) is 0 Å². The third-order valence-electron chi connectivity index (χ3n) is 2.79. The molecule has 0 aromatic heterocycles. The molecule has 2 heterocycles. The fourth-order valence-electron chi connectivity index (χ4n) is 2.02. The lowest BCUT2D eigenvalue weighted by atomic mass is 10.0. The van der Waals surface area contributed by atoms with Crippen molar-refractivity contribution in [2.75, 3.05) is 20.3 Å². The monoisotopic (exact) mass is 201 g/mol. The molecular weight excluding hydrogens is 186 g/mol. The Morgan fingerprint density at radius 1 is 1.36 bits per heavy atom. The normalized spacial score (nSPS) is 40.7. The number of hydrogen-bond acceptors (Lipinski definition) is 4. The van der Waals surface area contributed by atoms with Gasteiger partial charge in [0.2, 0.25) is 0 Å². The summed E-state index contributed by atoms with van der Waals surface area (Å²) in [6, 6.07) is -0.0719. The van der Waals surface area contributed by atoms with Crippen molar-refractivity contribution < 1.29 is 19.0 Å². The van der Waals surface area contributed by atoms with E-state index in [0.29, 0.717) is 19.1 Å². The number of amides is 1. The molecular formula is C9H15NO4. The van der Waals surface area contributed by atoms with Crippen molar-refractivity contribution in [3.8, 4) is 0 Å². The summed E-state index contributed by atoms with van der Waals surface area (Å²) >= 11 is 0. The number of methoxy groups -OCH3 is 1. The molecule has 5 nitrogen and oxygen atoms in total. The van der Waals surface area contributed by atoms with E-state index in [0.717, 1.165) is 0 Å². The van der Waals surface area contributed by atoms with Crippen molar-refractivity contribution in [3.63, 3.8) is 0 Å². The van der Waals surface area contributed by atoms with Gasteiger partial charge in [-0.1, -0.05) is 6.92 Å². The Morgan fingerprint density at radius 2 is 2.07 bits per heavy atom. The zero-order chi connectivity index (χ0) is 10.1. The first-order valence-electron chi connectivity index (χ1n) is 4.80. The van der Waals surface area contributed by atoms with Crippen LogP contribution in [0, 0.1) is 5.92 Å². The molecule has 0 aromatic carbocycles. The van der Waals surface area contributed by atoms with E-state index in [1.54, 1.807) is 0 Å². The summed E-state index contributed by atoms with van der Waals surface area (Å²) in [5.74, 6) is 0.407. The first-order valence-corrected chi connectivity index (χ1v) is 4.80. The van der Waals surface area contributed by atoms with Crippen molar-refractivity contribution in [1.82, 2.24) is 5.32 Å². The lowest BCUT2D eigenvalue weighted by molar-refractivity contribution is 0.0636. The Bertz CT molecular complexity index is 233. The predicted octanol–water partition coefficient (Wildman–Crippen LogP) is 0.145. The standard InChI is InChI=1S/C9H15NO4/c1-5-3-13-8-6(4-14-7(5)8)10-9(11)12-2/h5-8H,3-4H2,1-2H3,(H,10,11)/t5-,6+,7-,8-/m1/s1. The highest BCUT2D eigenvalue weighted by atomic mass is 16.6. The number of rotatable bonds is 1. The summed E-state index contributed by atoms with van der Waals surface area (Å²) in [4.78, 5) is 11.0. The number of ether oxygens (including phenoxy) is 3. The minimum atomic E-state index is -0.428. The van der Waals surface area contributed by atoms with Gasteiger partial charge in [0, 0.05) is 5.92 Å². The van der Waals surface area contributed by atoms with E-state index in [-0.39, 0.29) is 18.2 Å². The largest absolute Gasteiger partial charge is 0.453 e.